The molecule has 120 valence electrons. The molecule has 1 atom stereocenters. The number of nitrogens with two attached hydrogens (primary N) is 1. The molecule has 0 saturated carbocycles. The van der Waals surface area contributed by atoms with Gasteiger partial charge in [0.25, 0.3) is 0 Å². The topological polar surface area (TPSA) is 64.4 Å². The Morgan fingerprint density at radius 1 is 1.38 bits per heavy atom. The van der Waals surface area contributed by atoms with Crippen molar-refractivity contribution in [2.75, 3.05) is 0 Å². The molecule has 8 heteroatoms. The zero-order valence-electron chi connectivity index (χ0n) is 11.4. The van der Waals surface area contributed by atoms with Gasteiger partial charge in [-0.05, 0) is 12.5 Å². The van der Waals surface area contributed by atoms with E-state index < -0.39 is 18.3 Å². The largest absolute Gasteiger partial charge is 0.573 e. The Hall–Kier alpha value is -1.47. The maximum Gasteiger partial charge on any atom is 0.573 e. The Balaban J connectivity index is 0.00000400. The van der Waals surface area contributed by atoms with Gasteiger partial charge in [0.2, 0.25) is 5.91 Å². The molecule has 0 aliphatic rings. The van der Waals surface area contributed by atoms with Crippen LogP contribution < -0.4 is 15.8 Å². The number of benzene rings is 1. The summed E-state index contributed by atoms with van der Waals surface area (Å²) in [5, 5.41) is 2.50. The highest BCUT2D eigenvalue weighted by atomic mass is 35.5. The normalized spacial score (nSPS) is 12.2. The molecule has 0 radical (unpaired) electrons. The first-order chi connectivity index (χ1) is 9.33. The van der Waals surface area contributed by atoms with Crippen LogP contribution in [0.15, 0.2) is 24.3 Å². The van der Waals surface area contributed by atoms with E-state index in [1.54, 1.807) is 6.07 Å². The van der Waals surface area contributed by atoms with E-state index in [0.29, 0.717) is 6.42 Å². The number of hydrogen-bond acceptors (Lipinski definition) is 3. The second-order valence-corrected chi connectivity index (χ2v) is 4.27. The van der Waals surface area contributed by atoms with Gasteiger partial charge < -0.3 is 15.8 Å². The Kier molecular flexibility index (Phi) is 8.12. The molecule has 1 aromatic rings. The summed E-state index contributed by atoms with van der Waals surface area (Å²) in [6.07, 6.45) is -3.49. The summed E-state index contributed by atoms with van der Waals surface area (Å²) in [7, 11) is 0. The van der Waals surface area contributed by atoms with Crippen LogP contribution in [0.5, 0.6) is 5.75 Å². The molecular weight excluding hydrogens is 309 g/mol. The Morgan fingerprint density at radius 3 is 2.57 bits per heavy atom. The van der Waals surface area contributed by atoms with E-state index in [-0.39, 0.29) is 30.3 Å². The van der Waals surface area contributed by atoms with Gasteiger partial charge in [-0.15, -0.1) is 25.6 Å². The van der Waals surface area contributed by atoms with Crippen molar-refractivity contribution in [2.24, 2.45) is 5.73 Å². The predicted molar refractivity (Wildman–Crippen MR) is 75.1 cm³/mol. The SMILES string of the molecule is CCCC(N)C(=O)NCc1ccccc1OC(F)(F)F.Cl. The quantitative estimate of drug-likeness (QED) is 0.845. The van der Waals surface area contributed by atoms with Crippen molar-refractivity contribution < 1.29 is 22.7 Å². The van der Waals surface area contributed by atoms with Crippen LogP contribution in [0.4, 0.5) is 13.2 Å². The number of carbonyl (C=O) groups is 1. The molecule has 1 unspecified atom stereocenters. The summed E-state index contributed by atoms with van der Waals surface area (Å²) in [5.41, 5.74) is 5.85. The average molecular weight is 327 g/mol. The molecular formula is C13H18ClF3N2O2. The average Bonchev–Trinajstić information content (AvgIpc) is 2.35. The van der Waals surface area contributed by atoms with E-state index >= 15 is 0 Å². The lowest BCUT2D eigenvalue weighted by atomic mass is 10.1. The van der Waals surface area contributed by atoms with Crippen molar-refractivity contribution in [1.29, 1.82) is 0 Å². The number of rotatable bonds is 6. The lowest BCUT2D eigenvalue weighted by Crippen LogP contribution is -2.40. The van der Waals surface area contributed by atoms with Gasteiger partial charge >= 0.3 is 6.36 Å². The van der Waals surface area contributed by atoms with Crippen LogP contribution in [0.1, 0.15) is 25.3 Å². The van der Waals surface area contributed by atoms with Crippen molar-refractivity contribution >= 4 is 18.3 Å². The van der Waals surface area contributed by atoms with Crippen molar-refractivity contribution in [3.63, 3.8) is 0 Å². The second-order valence-electron chi connectivity index (χ2n) is 4.27. The number of amides is 1. The third-order valence-electron chi connectivity index (χ3n) is 2.59. The Bertz CT molecular complexity index is 455. The van der Waals surface area contributed by atoms with Gasteiger partial charge in [-0.25, -0.2) is 0 Å². The fourth-order valence-electron chi connectivity index (χ4n) is 1.63. The summed E-state index contributed by atoms with van der Waals surface area (Å²) < 4.78 is 40.5. The fraction of sp³-hybridized carbons (Fsp3) is 0.462. The van der Waals surface area contributed by atoms with Crippen LogP contribution in [0, 0.1) is 0 Å². The summed E-state index contributed by atoms with van der Waals surface area (Å²) in [6.45, 7) is 1.82. The number of halogens is 4. The standard InChI is InChI=1S/C13H17F3N2O2.ClH/c1-2-5-10(17)12(19)18-8-9-6-3-4-7-11(9)20-13(14,15)16;/h3-4,6-7,10H,2,5,8,17H2,1H3,(H,18,19);1H. The van der Waals surface area contributed by atoms with E-state index in [2.05, 4.69) is 10.1 Å². The first-order valence-corrected chi connectivity index (χ1v) is 6.20. The number of carbonyl (C=O) groups excluding carboxylic acids is 1. The van der Waals surface area contributed by atoms with Gasteiger partial charge in [-0.3, -0.25) is 4.79 Å². The van der Waals surface area contributed by atoms with E-state index in [4.69, 9.17) is 5.73 Å². The number of nitrogens with one attached hydrogen (secondary N) is 1. The molecule has 1 aromatic carbocycles. The third-order valence-corrected chi connectivity index (χ3v) is 2.59. The molecule has 0 spiro atoms. The first-order valence-electron chi connectivity index (χ1n) is 6.20. The van der Waals surface area contributed by atoms with Crippen LogP contribution in [-0.4, -0.2) is 18.3 Å². The highest BCUT2D eigenvalue weighted by molar-refractivity contribution is 5.85. The zero-order valence-corrected chi connectivity index (χ0v) is 12.3. The summed E-state index contributed by atoms with van der Waals surface area (Å²) in [5.74, 6) is -0.724. The predicted octanol–water partition coefficient (Wildman–Crippen LogP) is 2.75. The molecule has 21 heavy (non-hydrogen) atoms. The summed E-state index contributed by atoms with van der Waals surface area (Å²) in [6, 6.07) is 4.98. The van der Waals surface area contributed by atoms with E-state index in [1.807, 2.05) is 6.92 Å². The van der Waals surface area contributed by atoms with Crippen molar-refractivity contribution in [2.45, 2.75) is 38.7 Å². The smallest absolute Gasteiger partial charge is 0.405 e. The number of alkyl halides is 3. The maximum absolute atomic E-state index is 12.2. The molecule has 1 amide bonds. The van der Waals surface area contributed by atoms with Crippen LogP contribution in [0.25, 0.3) is 0 Å². The minimum atomic E-state index is -4.77. The van der Waals surface area contributed by atoms with E-state index in [1.165, 1.54) is 18.2 Å². The Labute approximate surface area is 127 Å². The second kappa shape index (κ2) is 8.74. The van der Waals surface area contributed by atoms with E-state index in [0.717, 1.165) is 6.42 Å². The van der Waals surface area contributed by atoms with Crippen molar-refractivity contribution in [1.82, 2.24) is 5.32 Å². The van der Waals surface area contributed by atoms with Gasteiger partial charge in [-0.2, -0.15) is 0 Å². The Morgan fingerprint density at radius 2 is 2.00 bits per heavy atom. The highest BCUT2D eigenvalue weighted by Crippen LogP contribution is 2.26. The fourth-order valence-corrected chi connectivity index (χ4v) is 1.63. The van der Waals surface area contributed by atoms with Crippen molar-refractivity contribution in [3.05, 3.63) is 29.8 Å². The van der Waals surface area contributed by atoms with E-state index in [9.17, 15) is 18.0 Å². The molecule has 1 rings (SSSR count). The minimum absolute atomic E-state index is 0. The molecule has 0 aromatic heterocycles. The summed E-state index contributed by atoms with van der Waals surface area (Å²) >= 11 is 0. The van der Waals surface area contributed by atoms with Crippen LogP contribution >= 0.6 is 12.4 Å². The van der Waals surface area contributed by atoms with Crippen LogP contribution in [-0.2, 0) is 11.3 Å². The van der Waals surface area contributed by atoms with Crippen molar-refractivity contribution in [3.8, 4) is 5.75 Å². The molecule has 4 nitrogen and oxygen atoms in total. The molecule has 0 heterocycles. The maximum atomic E-state index is 12.2. The number of hydrogen-bond donors (Lipinski definition) is 2. The minimum Gasteiger partial charge on any atom is -0.405 e. The lowest BCUT2D eigenvalue weighted by Gasteiger charge is -2.15. The van der Waals surface area contributed by atoms with Gasteiger partial charge in [0, 0.05) is 12.1 Å². The van der Waals surface area contributed by atoms with Gasteiger partial charge in [0.05, 0.1) is 6.04 Å². The molecule has 3 N–H and O–H groups in total. The molecule has 0 fully saturated rings. The van der Waals surface area contributed by atoms with Crippen LogP contribution in [0.3, 0.4) is 0 Å². The van der Waals surface area contributed by atoms with Gasteiger partial charge in [0.15, 0.2) is 0 Å². The van der Waals surface area contributed by atoms with Gasteiger partial charge in [-0.1, -0.05) is 31.5 Å². The number of ether oxygens (including phenoxy) is 1. The summed E-state index contributed by atoms with van der Waals surface area (Å²) in [4.78, 5) is 11.6. The highest BCUT2D eigenvalue weighted by Gasteiger charge is 2.32. The molecule has 0 aliphatic heterocycles. The third kappa shape index (κ3) is 7.19. The van der Waals surface area contributed by atoms with Gasteiger partial charge in [0.1, 0.15) is 5.75 Å². The molecule has 0 bridgehead atoms. The number of para-hydroxylation sites is 1. The molecule has 0 saturated heterocycles. The first kappa shape index (κ1) is 19.5. The lowest BCUT2D eigenvalue weighted by molar-refractivity contribution is -0.274. The molecule has 0 aliphatic carbocycles. The monoisotopic (exact) mass is 326 g/mol. The zero-order chi connectivity index (χ0) is 15.2. The van der Waals surface area contributed by atoms with Crippen LogP contribution in [0.2, 0.25) is 0 Å².